The van der Waals surface area contributed by atoms with Crippen LogP contribution in [0, 0.1) is 0 Å². The van der Waals surface area contributed by atoms with E-state index in [9.17, 15) is 8.42 Å². The standard InChI is InChI=1S/C11H14BrClN2O3S/c1-7-9(3-4-18-7)15(2)19(16,17)10-5-8(12)6-14-11(10)13/h5-7,9H,3-4H2,1-2H3. The number of halogens is 2. The average molecular weight is 370 g/mol. The zero-order valence-corrected chi connectivity index (χ0v) is 13.7. The zero-order valence-electron chi connectivity index (χ0n) is 10.5. The van der Waals surface area contributed by atoms with E-state index in [2.05, 4.69) is 20.9 Å². The number of sulfonamides is 1. The maximum Gasteiger partial charge on any atom is 0.246 e. The summed E-state index contributed by atoms with van der Waals surface area (Å²) in [5, 5.41) is -0.0263. The maximum absolute atomic E-state index is 12.6. The molecule has 2 unspecified atom stereocenters. The van der Waals surface area contributed by atoms with Gasteiger partial charge in [0.05, 0.1) is 12.1 Å². The smallest absolute Gasteiger partial charge is 0.246 e. The lowest BCUT2D eigenvalue weighted by atomic mass is 10.2. The molecule has 0 spiro atoms. The molecular formula is C11H14BrClN2O3S. The predicted molar refractivity (Wildman–Crippen MR) is 75.7 cm³/mol. The Morgan fingerprint density at radius 1 is 1.58 bits per heavy atom. The molecule has 0 N–H and O–H groups in total. The van der Waals surface area contributed by atoms with Crippen LogP contribution < -0.4 is 0 Å². The van der Waals surface area contributed by atoms with Crippen molar-refractivity contribution in [3.05, 3.63) is 21.9 Å². The van der Waals surface area contributed by atoms with Gasteiger partial charge in [0.15, 0.2) is 0 Å². The fourth-order valence-corrected chi connectivity index (χ4v) is 4.48. The molecule has 0 radical (unpaired) electrons. The van der Waals surface area contributed by atoms with Gasteiger partial charge in [-0.2, -0.15) is 4.31 Å². The topological polar surface area (TPSA) is 59.5 Å². The van der Waals surface area contributed by atoms with Gasteiger partial charge in [0.25, 0.3) is 0 Å². The molecule has 0 saturated carbocycles. The normalized spacial score (nSPS) is 24.1. The van der Waals surface area contributed by atoms with E-state index in [4.69, 9.17) is 16.3 Å². The Morgan fingerprint density at radius 2 is 2.26 bits per heavy atom. The largest absolute Gasteiger partial charge is 0.377 e. The summed E-state index contributed by atoms with van der Waals surface area (Å²) >= 11 is 9.10. The number of aromatic nitrogens is 1. The highest BCUT2D eigenvalue weighted by Gasteiger charge is 2.36. The van der Waals surface area contributed by atoms with E-state index in [0.29, 0.717) is 17.5 Å². The second kappa shape index (κ2) is 5.65. The van der Waals surface area contributed by atoms with Crippen molar-refractivity contribution in [1.29, 1.82) is 0 Å². The van der Waals surface area contributed by atoms with Crippen molar-refractivity contribution < 1.29 is 13.2 Å². The molecule has 1 saturated heterocycles. The first-order valence-corrected chi connectivity index (χ1v) is 8.36. The van der Waals surface area contributed by atoms with E-state index >= 15 is 0 Å². The Kier molecular flexibility index (Phi) is 4.52. The van der Waals surface area contributed by atoms with Gasteiger partial charge in [-0.25, -0.2) is 13.4 Å². The Morgan fingerprint density at radius 3 is 2.84 bits per heavy atom. The van der Waals surface area contributed by atoms with Gasteiger partial charge >= 0.3 is 0 Å². The highest BCUT2D eigenvalue weighted by atomic mass is 79.9. The quantitative estimate of drug-likeness (QED) is 0.767. The molecule has 0 aromatic carbocycles. The summed E-state index contributed by atoms with van der Waals surface area (Å²) in [6.45, 7) is 2.43. The van der Waals surface area contributed by atoms with Crippen molar-refractivity contribution in [3.63, 3.8) is 0 Å². The lowest BCUT2D eigenvalue weighted by Crippen LogP contribution is -2.41. The molecule has 19 heavy (non-hydrogen) atoms. The molecule has 106 valence electrons. The van der Waals surface area contributed by atoms with Gasteiger partial charge in [0.1, 0.15) is 10.0 Å². The molecule has 1 aliphatic rings. The maximum atomic E-state index is 12.6. The van der Waals surface area contributed by atoms with Gasteiger partial charge in [-0.05, 0) is 35.3 Å². The summed E-state index contributed by atoms with van der Waals surface area (Å²) in [4.78, 5) is 3.86. The predicted octanol–water partition coefficient (Wildman–Crippen LogP) is 2.30. The van der Waals surface area contributed by atoms with Crippen molar-refractivity contribution in [2.45, 2.75) is 30.4 Å². The summed E-state index contributed by atoms with van der Waals surface area (Å²) in [5.41, 5.74) is 0. The molecule has 1 aliphatic heterocycles. The molecule has 1 fully saturated rings. The number of hydrogen-bond donors (Lipinski definition) is 0. The van der Waals surface area contributed by atoms with Crippen molar-refractivity contribution >= 4 is 37.6 Å². The Bertz CT molecular complexity index is 581. The second-order valence-electron chi connectivity index (χ2n) is 4.40. The Labute approximate surface area is 126 Å². The first kappa shape index (κ1) is 15.2. The minimum atomic E-state index is -3.68. The minimum absolute atomic E-state index is 0.00476. The zero-order chi connectivity index (χ0) is 14.2. The van der Waals surface area contributed by atoms with E-state index < -0.39 is 10.0 Å². The SMILES string of the molecule is CC1OCCC1N(C)S(=O)(=O)c1cc(Br)cnc1Cl. The van der Waals surface area contributed by atoms with Gasteiger partial charge in [0.2, 0.25) is 10.0 Å². The van der Waals surface area contributed by atoms with Crippen LogP contribution >= 0.6 is 27.5 Å². The number of hydrogen-bond acceptors (Lipinski definition) is 4. The third kappa shape index (κ3) is 2.95. The molecule has 2 rings (SSSR count). The molecule has 0 aliphatic carbocycles. The van der Waals surface area contributed by atoms with Crippen molar-refractivity contribution in [2.24, 2.45) is 0 Å². The van der Waals surface area contributed by atoms with Crippen LogP contribution in [0.25, 0.3) is 0 Å². The summed E-state index contributed by atoms with van der Waals surface area (Å²) in [6, 6.07) is 1.28. The molecule has 0 bridgehead atoms. The lowest BCUT2D eigenvalue weighted by Gasteiger charge is -2.26. The molecule has 0 amide bonds. The summed E-state index contributed by atoms with van der Waals surface area (Å²) in [7, 11) is -2.14. The fraction of sp³-hybridized carbons (Fsp3) is 0.545. The number of rotatable bonds is 3. The monoisotopic (exact) mass is 368 g/mol. The first-order valence-electron chi connectivity index (χ1n) is 5.74. The van der Waals surface area contributed by atoms with Crippen LogP contribution in [-0.4, -0.2) is 43.5 Å². The van der Waals surface area contributed by atoms with E-state index in [1.54, 1.807) is 7.05 Å². The highest BCUT2D eigenvalue weighted by molar-refractivity contribution is 9.10. The van der Waals surface area contributed by atoms with Crippen molar-refractivity contribution in [1.82, 2.24) is 9.29 Å². The minimum Gasteiger partial charge on any atom is -0.377 e. The highest BCUT2D eigenvalue weighted by Crippen LogP contribution is 2.29. The van der Waals surface area contributed by atoms with E-state index in [1.165, 1.54) is 16.6 Å². The lowest BCUT2D eigenvalue weighted by molar-refractivity contribution is 0.102. The number of pyridine rings is 1. The first-order chi connectivity index (χ1) is 8.84. The molecular weight excluding hydrogens is 356 g/mol. The summed E-state index contributed by atoms with van der Waals surface area (Å²) < 4.78 is 32.4. The van der Waals surface area contributed by atoms with Crippen LogP contribution in [0.1, 0.15) is 13.3 Å². The summed E-state index contributed by atoms with van der Waals surface area (Å²) in [5.74, 6) is 0. The third-order valence-electron chi connectivity index (χ3n) is 3.23. The van der Waals surface area contributed by atoms with Crippen LogP contribution in [0.15, 0.2) is 21.6 Å². The second-order valence-corrected chi connectivity index (χ2v) is 7.64. The van der Waals surface area contributed by atoms with Crippen LogP contribution in [0.2, 0.25) is 5.15 Å². The van der Waals surface area contributed by atoms with Gasteiger partial charge in [0, 0.05) is 24.3 Å². The van der Waals surface area contributed by atoms with Crippen molar-refractivity contribution in [2.75, 3.05) is 13.7 Å². The molecule has 2 heterocycles. The summed E-state index contributed by atoms with van der Waals surface area (Å²) in [6.07, 6.45) is 2.01. The molecule has 8 heteroatoms. The van der Waals surface area contributed by atoms with Crippen LogP contribution in [0.3, 0.4) is 0 Å². The van der Waals surface area contributed by atoms with Gasteiger partial charge < -0.3 is 4.74 Å². The number of likely N-dealkylation sites (N-methyl/N-ethyl adjacent to an activating group) is 1. The number of nitrogens with zero attached hydrogens (tertiary/aromatic N) is 2. The molecule has 1 aromatic rings. The van der Waals surface area contributed by atoms with Gasteiger partial charge in [-0.3, -0.25) is 0 Å². The van der Waals surface area contributed by atoms with Crippen LogP contribution in [0.5, 0.6) is 0 Å². The van der Waals surface area contributed by atoms with Gasteiger partial charge in [-0.1, -0.05) is 11.6 Å². The van der Waals surface area contributed by atoms with Crippen LogP contribution in [0.4, 0.5) is 0 Å². The third-order valence-corrected chi connectivity index (χ3v) is 5.98. The number of ether oxygens (including phenoxy) is 1. The van der Waals surface area contributed by atoms with E-state index in [1.807, 2.05) is 6.92 Å². The molecule has 1 aromatic heterocycles. The van der Waals surface area contributed by atoms with Gasteiger partial charge in [-0.15, -0.1) is 0 Å². The van der Waals surface area contributed by atoms with Crippen LogP contribution in [-0.2, 0) is 14.8 Å². The fourth-order valence-electron chi connectivity index (χ4n) is 2.12. The average Bonchev–Trinajstić information content (AvgIpc) is 2.77. The van der Waals surface area contributed by atoms with E-state index in [-0.39, 0.29) is 22.2 Å². The Hall–Kier alpha value is -0.210. The molecule has 5 nitrogen and oxygen atoms in total. The Balaban J connectivity index is 2.39. The van der Waals surface area contributed by atoms with E-state index in [0.717, 1.165) is 0 Å². The van der Waals surface area contributed by atoms with Crippen molar-refractivity contribution in [3.8, 4) is 0 Å². The molecule has 2 atom stereocenters.